The molecule has 6 rings (SSSR count). The first-order chi connectivity index (χ1) is 18.6. The van der Waals surface area contributed by atoms with E-state index >= 15 is 0 Å². The van der Waals surface area contributed by atoms with Gasteiger partial charge in [0.1, 0.15) is 17.8 Å². The summed E-state index contributed by atoms with van der Waals surface area (Å²) in [6.07, 6.45) is -1.78. The average Bonchev–Trinajstić information content (AvgIpc) is 3.61. The summed E-state index contributed by atoms with van der Waals surface area (Å²) in [6, 6.07) is 8.46. The number of aryl methyl sites for hydroxylation is 1. The Hall–Kier alpha value is -2.66. The van der Waals surface area contributed by atoms with Crippen LogP contribution < -0.4 is 22.7 Å². The van der Waals surface area contributed by atoms with Crippen LogP contribution in [-0.2, 0) is 34.5 Å². The number of rotatable bonds is 7. The lowest BCUT2D eigenvalue weighted by atomic mass is 9.75. The molecule has 2 aliphatic heterocycles. The Balaban J connectivity index is 1.43. The first-order valence-electron chi connectivity index (χ1n) is 12.3. The van der Waals surface area contributed by atoms with E-state index in [1.165, 1.54) is 0 Å². The summed E-state index contributed by atoms with van der Waals surface area (Å²) in [4.78, 5) is 5.49. The summed E-state index contributed by atoms with van der Waals surface area (Å²) in [6.45, 7) is 1.91. The van der Waals surface area contributed by atoms with Gasteiger partial charge in [0.25, 0.3) is 0 Å². The second-order valence-corrected chi connectivity index (χ2v) is 16.4. The number of fused-ring (bicyclic) bond motifs is 1. The zero-order chi connectivity index (χ0) is 27.4. The topological polar surface area (TPSA) is 123 Å². The van der Waals surface area contributed by atoms with Crippen LogP contribution in [0.25, 0.3) is 22.2 Å². The summed E-state index contributed by atoms with van der Waals surface area (Å²) in [5.74, 6) is 0.813. The number of hydrogen-bond acceptors (Lipinski definition) is 8. The van der Waals surface area contributed by atoms with Crippen molar-refractivity contribution in [3.8, 4) is 11.3 Å². The number of pyridine rings is 1. The molecule has 2 fully saturated rings. The lowest BCUT2D eigenvalue weighted by molar-refractivity contribution is -1.28. The number of aromatic nitrogens is 6. The molecule has 0 saturated carbocycles. The van der Waals surface area contributed by atoms with Gasteiger partial charge in [-0.15, -0.1) is 10.2 Å². The van der Waals surface area contributed by atoms with Crippen LogP contribution in [0.5, 0.6) is 0 Å². The quantitative estimate of drug-likeness (QED) is 0.105. The molecule has 0 aliphatic carbocycles. The van der Waals surface area contributed by atoms with Crippen LogP contribution in [0.1, 0.15) is 23.5 Å². The van der Waals surface area contributed by atoms with Crippen molar-refractivity contribution in [2.24, 2.45) is 7.05 Å². The molecule has 3 N–H and O–H groups in total. The molecule has 2 aliphatic rings. The second-order valence-electron chi connectivity index (χ2n) is 10.2. The zero-order valence-electron chi connectivity index (χ0n) is 21.3. The predicted octanol–water partition coefficient (Wildman–Crippen LogP) is -0.556. The Morgan fingerprint density at radius 1 is 1.26 bits per heavy atom. The van der Waals surface area contributed by atoms with Crippen LogP contribution in [-0.4, -0.2) is 70.8 Å². The fraction of sp³-hybridized carbons (Fsp3) is 0.440. The van der Waals surface area contributed by atoms with Crippen molar-refractivity contribution in [3.63, 3.8) is 0 Å². The number of nitrogens with zero attached hydrogens (tertiary/aromatic N) is 5. The molecule has 2 atom stereocenters. The van der Waals surface area contributed by atoms with Crippen LogP contribution in [0.4, 0.5) is 13.2 Å². The van der Waals surface area contributed by atoms with Crippen LogP contribution in [0, 0.1) is 3.70 Å². The molecule has 0 unspecified atom stereocenters. The van der Waals surface area contributed by atoms with Gasteiger partial charge in [-0.3, -0.25) is 10.1 Å². The van der Waals surface area contributed by atoms with Crippen molar-refractivity contribution < 1.29 is 45.2 Å². The molecule has 3 aromatic heterocycles. The van der Waals surface area contributed by atoms with Gasteiger partial charge in [0.05, 0.1) is 31.0 Å². The largest absolute Gasteiger partial charge is 0.479 e. The summed E-state index contributed by atoms with van der Waals surface area (Å²) in [5.41, 5.74) is 0.884. The van der Waals surface area contributed by atoms with Crippen molar-refractivity contribution in [1.82, 2.24) is 33.5 Å². The molecule has 10 nitrogen and oxygen atoms in total. The lowest BCUT2D eigenvalue weighted by Crippen LogP contribution is -4.10. The molecule has 210 valence electrons. The third-order valence-corrected chi connectivity index (χ3v) is 12.1. The Morgan fingerprint density at radius 2 is 2.08 bits per heavy atom. The van der Waals surface area contributed by atoms with Crippen molar-refractivity contribution in [2.45, 2.75) is 30.5 Å². The standard InChI is InChI=1S/C25H28F3IN7O3/c1-29(37,32-17-6-7-38-11-17)23-22-18(9-19(31-23)25(26,27)28)21(34-35-22)15-4-3-5-16(8-15)24(12-39-13-24)10-20-33-30-14-36(20)2/h3-5,8-9,14,17,32,37H,6-7,10-13H2,1-2H3,(H,34,35)/q-1/t17-/m1/s1. The number of nitrogens with one attached hydrogen (secondary N) is 2. The maximum absolute atomic E-state index is 14.0. The number of benzene rings is 1. The molecule has 0 bridgehead atoms. The molecular formula is C25H28F3IN7O3-. The highest BCUT2D eigenvalue weighted by Crippen LogP contribution is 2.38. The monoisotopic (exact) mass is 658 g/mol. The van der Waals surface area contributed by atoms with Gasteiger partial charge in [0.2, 0.25) is 0 Å². The lowest BCUT2D eigenvalue weighted by Gasteiger charge is -2.45. The van der Waals surface area contributed by atoms with Crippen molar-refractivity contribution in [1.29, 1.82) is 0 Å². The van der Waals surface area contributed by atoms with Crippen LogP contribution >= 0.6 is 0 Å². The molecule has 0 amide bonds. The normalized spacial score (nSPS) is 20.7. The van der Waals surface area contributed by atoms with Crippen molar-refractivity contribution >= 4 is 10.9 Å². The third kappa shape index (κ3) is 4.92. The molecule has 5 heterocycles. The van der Waals surface area contributed by atoms with E-state index in [2.05, 4.69) is 28.9 Å². The van der Waals surface area contributed by atoms with E-state index in [0.29, 0.717) is 56.0 Å². The smallest absolute Gasteiger partial charge is 0.433 e. The van der Waals surface area contributed by atoms with E-state index in [1.807, 2.05) is 35.9 Å². The van der Waals surface area contributed by atoms with Gasteiger partial charge in [-0.2, -0.15) is 18.3 Å². The van der Waals surface area contributed by atoms with E-state index in [-0.39, 0.29) is 20.5 Å². The van der Waals surface area contributed by atoms with E-state index in [4.69, 9.17) is 9.47 Å². The Bertz CT molecular complexity index is 1510. The SMILES string of the molecule is Cn1cnnc1CC1(c2cccc(-c3n[nH]c4c([I@@-](C)(O)N[C@@H]5CCOC5)nc(C(F)(F)F)cc34)c2)COC1. The molecule has 0 spiro atoms. The number of alkyl halides is 4. The van der Waals surface area contributed by atoms with Crippen LogP contribution in [0.2, 0.25) is 0 Å². The average molecular weight is 658 g/mol. The van der Waals surface area contributed by atoms with E-state index in [1.54, 1.807) is 11.3 Å². The van der Waals surface area contributed by atoms with E-state index in [0.717, 1.165) is 17.5 Å². The van der Waals surface area contributed by atoms with Gasteiger partial charge in [0.15, 0.2) is 0 Å². The summed E-state index contributed by atoms with van der Waals surface area (Å²) in [5, 5.41) is 15.8. The van der Waals surface area contributed by atoms with Gasteiger partial charge in [-0.1, -0.05) is 23.1 Å². The fourth-order valence-electron chi connectivity index (χ4n) is 5.07. The second kappa shape index (κ2) is 9.76. The minimum Gasteiger partial charge on any atom is -0.479 e. The highest BCUT2D eigenvalue weighted by Gasteiger charge is 2.42. The third-order valence-electron chi connectivity index (χ3n) is 7.25. The van der Waals surface area contributed by atoms with Crippen LogP contribution in [0.3, 0.4) is 0 Å². The first-order valence-corrected chi connectivity index (χ1v) is 17.6. The molecular weight excluding hydrogens is 630 g/mol. The highest BCUT2D eigenvalue weighted by atomic mass is 127. The number of H-pyrrole nitrogens is 1. The van der Waals surface area contributed by atoms with Gasteiger partial charge >= 0.3 is 6.18 Å². The van der Waals surface area contributed by atoms with Gasteiger partial charge in [0, 0.05) is 46.2 Å². The fourth-order valence-corrected chi connectivity index (χ4v) is 9.76. The minimum atomic E-state index is -4.70. The molecule has 2 saturated heterocycles. The Morgan fingerprint density at radius 3 is 2.72 bits per heavy atom. The van der Waals surface area contributed by atoms with Gasteiger partial charge in [-0.05, 0) is 24.1 Å². The summed E-state index contributed by atoms with van der Waals surface area (Å²) < 4.78 is 69.4. The Kier molecular flexibility index (Phi) is 6.65. The first kappa shape index (κ1) is 26.6. The molecule has 0 radical (unpaired) electrons. The number of aromatic amines is 1. The predicted molar refractivity (Wildman–Crippen MR) is 131 cm³/mol. The van der Waals surface area contributed by atoms with E-state index in [9.17, 15) is 16.6 Å². The maximum atomic E-state index is 14.0. The highest BCUT2D eigenvalue weighted by molar-refractivity contribution is 5.92. The van der Waals surface area contributed by atoms with E-state index < -0.39 is 31.0 Å². The van der Waals surface area contributed by atoms with Gasteiger partial charge < -0.3 is 21.0 Å². The Labute approximate surface area is 226 Å². The summed E-state index contributed by atoms with van der Waals surface area (Å²) >= 11 is -4.15. The maximum Gasteiger partial charge on any atom is 0.433 e. The number of hydrogen-bond donors (Lipinski definition) is 3. The minimum absolute atomic E-state index is 0.000301. The number of halogens is 4. The molecule has 14 heteroatoms. The molecule has 39 heavy (non-hydrogen) atoms. The van der Waals surface area contributed by atoms with Crippen molar-refractivity contribution in [3.05, 3.63) is 57.4 Å². The molecule has 1 aromatic carbocycles. The summed E-state index contributed by atoms with van der Waals surface area (Å²) in [7, 11) is 1.88. The van der Waals surface area contributed by atoms with Gasteiger partial charge in [-0.25, -0.2) is 19.1 Å². The van der Waals surface area contributed by atoms with Crippen LogP contribution in [0.15, 0.2) is 36.7 Å². The van der Waals surface area contributed by atoms with Crippen molar-refractivity contribution in [2.75, 3.05) is 31.4 Å². The number of ether oxygens (including phenoxy) is 2. The zero-order valence-corrected chi connectivity index (χ0v) is 23.5. The molecule has 4 aromatic rings.